The van der Waals surface area contributed by atoms with Gasteiger partial charge in [0.15, 0.2) is 23.2 Å². The number of guanidine groups is 1. The Morgan fingerprint density at radius 3 is 2.57 bits per heavy atom. The molecule has 0 aliphatic rings. The largest absolute Gasteiger partial charge is 0.493 e. The molecule has 0 atom stereocenters. The Hall–Kier alpha value is -2.70. The maximum Gasteiger partial charge on any atom is 0.196 e. The van der Waals surface area contributed by atoms with E-state index < -0.39 is 0 Å². The fraction of sp³-hybridized carbons (Fsp3) is 0.524. The third-order valence-electron chi connectivity index (χ3n) is 4.44. The number of nitrogens with one attached hydrogen (secondary N) is 2. The predicted octanol–water partition coefficient (Wildman–Crippen LogP) is 4.56. The summed E-state index contributed by atoms with van der Waals surface area (Å²) in [5.74, 6) is 3.24. The molecular weight excluding hydrogens is 356 g/mol. The maximum atomic E-state index is 5.56. The fourth-order valence-electron chi connectivity index (χ4n) is 2.92. The number of aromatic nitrogens is 1. The third-order valence-corrected chi connectivity index (χ3v) is 4.44. The van der Waals surface area contributed by atoms with E-state index in [2.05, 4.69) is 34.6 Å². The molecule has 0 saturated carbocycles. The highest BCUT2D eigenvalue weighted by Crippen LogP contribution is 2.30. The number of hydrogen-bond donors (Lipinski definition) is 2. The Labute approximate surface area is 167 Å². The van der Waals surface area contributed by atoms with Crippen molar-refractivity contribution in [3.8, 4) is 11.5 Å². The topological polar surface area (TPSA) is 80.9 Å². The van der Waals surface area contributed by atoms with Crippen LogP contribution in [0.4, 0.5) is 5.69 Å². The van der Waals surface area contributed by atoms with Gasteiger partial charge in [0.25, 0.3) is 0 Å². The van der Waals surface area contributed by atoms with E-state index >= 15 is 0 Å². The zero-order valence-electron chi connectivity index (χ0n) is 17.5. The zero-order chi connectivity index (χ0) is 20.4. The van der Waals surface area contributed by atoms with Gasteiger partial charge in [-0.2, -0.15) is 0 Å². The van der Waals surface area contributed by atoms with Gasteiger partial charge in [0.1, 0.15) is 6.54 Å². The number of hydrogen-bond acceptors (Lipinski definition) is 5. The molecule has 0 saturated heterocycles. The summed E-state index contributed by atoms with van der Waals surface area (Å²) in [4.78, 5) is 4.61. The summed E-state index contributed by atoms with van der Waals surface area (Å²) in [6.45, 7) is 10.0. The van der Waals surface area contributed by atoms with Gasteiger partial charge in [-0.1, -0.05) is 19.0 Å². The fourth-order valence-corrected chi connectivity index (χ4v) is 2.92. The van der Waals surface area contributed by atoms with E-state index in [1.807, 2.05) is 38.1 Å². The quantitative estimate of drug-likeness (QED) is 0.459. The second-order valence-electron chi connectivity index (χ2n) is 6.35. The lowest BCUT2D eigenvalue weighted by Gasteiger charge is -2.14. The minimum Gasteiger partial charge on any atom is -0.493 e. The first-order chi connectivity index (χ1) is 13.6. The van der Waals surface area contributed by atoms with Gasteiger partial charge in [0, 0.05) is 30.3 Å². The second kappa shape index (κ2) is 11.2. The number of nitrogens with zero attached hydrogens (tertiary/aromatic N) is 2. The van der Waals surface area contributed by atoms with Crippen LogP contribution < -0.4 is 20.1 Å². The van der Waals surface area contributed by atoms with Crippen LogP contribution in [0.1, 0.15) is 57.9 Å². The molecule has 2 rings (SSSR count). The predicted molar refractivity (Wildman–Crippen MR) is 112 cm³/mol. The minimum absolute atomic E-state index is 0.413. The molecule has 2 N–H and O–H groups in total. The summed E-state index contributed by atoms with van der Waals surface area (Å²) >= 11 is 0. The first-order valence-electron chi connectivity index (χ1n) is 9.96. The normalized spacial score (nSPS) is 11.6. The molecule has 154 valence electrons. The van der Waals surface area contributed by atoms with Gasteiger partial charge in [0.2, 0.25) is 0 Å². The van der Waals surface area contributed by atoms with Crippen LogP contribution in [0, 0.1) is 0 Å². The highest BCUT2D eigenvalue weighted by molar-refractivity contribution is 5.93. The summed E-state index contributed by atoms with van der Waals surface area (Å²) in [5.41, 5.74) is 1.86. The Bertz CT molecular complexity index is 754. The molecule has 28 heavy (non-hydrogen) atoms. The van der Waals surface area contributed by atoms with Crippen LogP contribution in [-0.2, 0) is 6.54 Å². The lowest BCUT2D eigenvalue weighted by atomic mass is 9.99. The van der Waals surface area contributed by atoms with Crippen LogP contribution in [0.3, 0.4) is 0 Å². The van der Waals surface area contributed by atoms with Crippen LogP contribution in [0.15, 0.2) is 33.8 Å². The van der Waals surface area contributed by atoms with Crippen molar-refractivity contribution >= 4 is 11.6 Å². The van der Waals surface area contributed by atoms with Crippen LogP contribution in [0.2, 0.25) is 0 Å². The van der Waals surface area contributed by atoms with Crippen molar-refractivity contribution in [3.05, 3.63) is 35.7 Å². The molecule has 1 heterocycles. The van der Waals surface area contributed by atoms with Crippen molar-refractivity contribution in [1.29, 1.82) is 0 Å². The van der Waals surface area contributed by atoms with Crippen LogP contribution >= 0.6 is 0 Å². The van der Waals surface area contributed by atoms with Crippen molar-refractivity contribution in [1.82, 2.24) is 10.5 Å². The van der Waals surface area contributed by atoms with E-state index in [1.165, 1.54) is 0 Å². The number of anilines is 1. The lowest BCUT2D eigenvalue weighted by Crippen LogP contribution is -2.30. The smallest absolute Gasteiger partial charge is 0.196 e. The SMILES string of the molecule is CCNC(=NCc1cc(C(CC)CC)no1)Nc1ccc(OCC)c(OC)c1. The third kappa shape index (κ3) is 5.90. The van der Waals surface area contributed by atoms with E-state index in [0.29, 0.717) is 36.5 Å². The molecule has 1 aromatic heterocycles. The van der Waals surface area contributed by atoms with Crippen molar-refractivity contribution < 1.29 is 14.0 Å². The summed E-state index contributed by atoms with van der Waals surface area (Å²) in [7, 11) is 1.63. The maximum absolute atomic E-state index is 5.56. The van der Waals surface area contributed by atoms with Crippen molar-refractivity contribution in [2.45, 2.75) is 53.0 Å². The van der Waals surface area contributed by atoms with E-state index in [1.54, 1.807) is 7.11 Å². The second-order valence-corrected chi connectivity index (χ2v) is 6.35. The molecule has 0 aliphatic carbocycles. The van der Waals surface area contributed by atoms with Crippen LogP contribution in [0.25, 0.3) is 0 Å². The van der Waals surface area contributed by atoms with E-state index in [9.17, 15) is 0 Å². The van der Waals surface area contributed by atoms with Gasteiger partial charge in [0.05, 0.1) is 19.4 Å². The Balaban J connectivity index is 2.10. The number of ether oxygens (including phenoxy) is 2. The molecule has 1 aromatic carbocycles. The molecule has 2 aromatic rings. The van der Waals surface area contributed by atoms with Gasteiger partial charge in [-0.25, -0.2) is 4.99 Å². The Morgan fingerprint density at radius 1 is 1.14 bits per heavy atom. The first-order valence-corrected chi connectivity index (χ1v) is 9.96. The van der Waals surface area contributed by atoms with Crippen molar-refractivity contribution in [2.75, 3.05) is 25.6 Å². The molecule has 0 aliphatic heterocycles. The molecule has 0 fully saturated rings. The van der Waals surface area contributed by atoms with Crippen LogP contribution in [0.5, 0.6) is 11.5 Å². The van der Waals surface area contributed by atoms with E-state index in [4.69, 9.17) is 14.0 Å². The average molecular weight is 389 g/mol. The van der Waals surface area contributed by atoms with Crippen molar-refractivity contribution in [2.24, 2.45) is 4.99 Å². The number of aliphatic imine (C=N–C) groups is 1. The summed E-state index contributed by atoms with van der Waals surface area (Å²) < 4.78 is 16.4. The highest BCUT2D eigenvalue weighted by Gasteiger charge is 2.13. The molecule has 0 amide bonds. The first kappa shape index (κ1) is 21.6. The summed E-state index contributed by atoms with van der Waals surface area (Å²) in [5, 5.41) is 10.7. The van der Waals surface area contributed by atoms with Gasteiger partial charge in [-0.05, 0) is 38.8 Å². The molecule has 0 radical (unpaired) electrons. The standard InChI is InChI=1S/C21H32N4O3/c1-6-15(7-2)18-13-17(28-25-18)14-23-21(22-8-3)24-16-10-11-19(27-9-4)20(12-16)26-5/h10-13,15H,6-9,14H2,1-5H3,(H2,22,23,24). The minimum atomic E-state index is 0.413. The summed E-state index contributed by atoms with van der Waals surface area (Å²) in [6.07, 6.45) is 2.10. The van der Waals surface area contributed by atoms with Gasteiger partial charge in [-0.3, -0.25) is 0 Å². The monoisotopic (exact) mass is 388 g/mol. The van der Waals surface area contributed by atoms with Gasteiger partial charge < -0.3 is 24.6 Å². The lowest BCUT2D eigenvalue weighted by molar-refractivity contribution is 0.311. The van der Waals surface area contributed by atoms with E-state index in [0.717, 1.165) is 36.5 Å². The summed E-state index contributed by atoms with van der Waals surface area (Å²) in [6, 6.07) is 7.70. The molecule has 7 heteroatoms. The number of methoxy groups -OCH3 is 1. The molecule has 0 spiro atoms. The molecule has 0 unspecified atom stereocenters. The molecule has 7 nitrogen and oxygen atoms in total. The number of rotatable bonds is 10. The zero-order valence-corrected chi connectivity index (χ0v) is 17.5. The molecule has 0 bridgehead atoms. The van der Waals surface area contributed by atoms with Gasteiger partial charge in [-0.15, -0.1) is 0 Å². The van der Waals surface area contributed by atoms with Crippen LogP contribution in [-0.4, -0.2) is 31.4 Å². The van der Waals surface area contributed by atoms with Crippen molar-refractivity contribution in [3.63, 3.8) is 0 Å². The highest BCUT2D eigenvalue weighted by atomic mass is 16.5. The van der Waals surface area contributed by atoms with E-state index in [-0.39, 0.29) is 0 Å². The van der Waals surface area contributed by atoms with Gasteiger partial charge >= 0.3 is 0 Å². The Kier molecular flexibility index (Phi) is 8.65. The molecular formula is C21H32N4O3. The average Bonchev–Trinajstić information content (AvgIpc) is 3.17. The number of benzene rings is 1. The Morgan fingerprint density at radius 2 is 1.93 bits per heavy atom.